The van der Waals surface area contributed by atoms with Crippen LogP contribution in [0.1, 0.15) is 79.1 Å². The molecule has 5 heteroatoms. The Bertz CT molecular complexity index is 721. The maximum Gasteiger partial charge on any atom is 0.268 e. The van der Waals surface area contributed by atoms with Crippen molar-refractivity contribution >= 4 is 5.91 Å². The molecule has 0 atom stereocenters. The molecule has 2 bridgehead atoms. The summed E-state index contributed by atoms with van der Waals surface area (Å²) in [6.07, 6.45) is 14.4. The second-order valence-corrected chi connectivity index (χ2v) is 7.58. The van der Waals surface area contributed by atoms with Crippen molar-refractivity contribution in [3.05, 3.63) is 35.7 Å². The first-order chi connectivity index (χ1) is 11.3. The van der Waals surface area contributed by atoms with E-state index in [1.54, 1.807) is 23.3 Å². The highest BCUT2D eigenvalue weighted by atomic mass is 16.5. The molecule has 4 fully saturated rings. The standard InChI is InChI=1S/C18H21N3O2/c22-17(21-10-9-19-11-21)14-15(13-1-2-13)23-20-16(14)18-6-3-12(4-7-18)5-8-18/h9-13H,1-8H2. The van der Waals surface area contributed by atoms with Gasteiger partial charge in [0.15, 0.2) is 5.76 Å². The number of rotatable bonds is 3. The number of hydrogen-bond acceptors (Lipinski definition) is 4. The Kier molecular flexibility index (Phi) is 2.82. The molecule has 0 unspecified atom stereocenters. The van der Waals surface area contributed by atoms with Crippen LogP contribution in [0.4, 0.5) is 0 Å². The highest BCUT2D eigenvalue weighted by Crippen LogP contribution is 2.54. The zero-order valence-corrected chi connectivity index (χ0v) is 13.2. The average molecular weight is 311 g/mol. The summed E-state index contributed by atoms with van der Waals surface area (Å²) in [5.41, 5.74) is 1.75. The van der Waals surface area contributed by atoms with E-state index in [9.17, 15) is 4.79 Å². The molecule has 2 aromatic heterocycles. The van der Waals surface area contributed by atoms with Gasteiger partial charge < -0.3 is 4.52 Å². The fourth-order valence-corrected chi connectivity index (χ4v) is 4.61. The molecule has 0 amide bonds. The van der Waals surface area contributed by atoms with Crippen molar-refractivity contribution in [3.63, 3.8) is 0 Å². The first-order valence-corrected chi connectivity index (χ1v) is 8.79. The van der Waals surface area contributed by atoms with E-state index >= 15 is 0 Å². The smallest absolute Gasteiger partial charge is 0.268 e. The minimum absolute atomic E-state index is 0.0253. The predicted molar refractivity (Wildman–Crippen MR) is 83.3 cm³/mol. The van der Waals surface area contributed by atoms with Crippen molar-refractivity contribution in [1.29, 1.82) is 0 Å². The molecule has 5 nitrogen and oxygen atoms in total. The average Bonchev–Trinajstić information content (AvgIpc) is 3.14. The van der Waals surface area contributed by atoms with Crippen LogP contribution in [0.25, 0.3) is 0 Å². The van der Waals surface area contributed by atoms with Gasteiger partial charge in [0.1, 0.15) is 17.6 Å². The largest absolute Gasteiger partial charge is 0.360 e. The van der Waals surface area contributed by atoms with Crippen LogP contribution >= 0.6 is 0 Å². The second-order valence-electron chi connectivity index (χ2n) is 7.58. The molecular weight excluding hydrogens is 290 g/mol. The summed E-state index contributed by atoms with van der Waals surface area (Å²) in [5.74, 6) is 2.07. The molecule has 6 rings (SSSR count). The van der Waals surface area contributed by atoms with Gasteiger partial charge in [-0.1, -0.05) is 5.16 Å². The quantitative estimate of drug-likeness (QED) is 0.868. The van der Waals surface area contributed by atoms with Gasteiger partial charge in [0.25, 0.3) is 5.91 Å². The lowest BCUT2D eigenvalue weighted by Gasteiger charge is -2.45. The van der Waals surface area contributed by atoms with Gasteiger partial charge >= 0.3 is 0 Å². The lowest BCUT2D eigenvalue weighted by Crippen LogP contribution is -2.39. The fraction of sp³-hybridized carbons (Fsp3) is 0.611. The van der Waals surface area contributed by atoms with Crippen molar-refractivity contribution in [2.24, 2.45) is 5.92 Å². The number of carbonyl (C=O) groups excluding carboxylic acids is 1. The molecule has 4 saturated carbocycles. The van der Waals surface area contributed by atoms with Gasteiger partial charge in [0.2, 0.25) is 0 Å². The minimum Gasteiger partial charge on any atom is -0.360 e. The number of aromatic nitrogens is 3. The Morgan fingerprint density at radius 2 is 1.91 bits per heavy atom. The SMILES string of the molecule is O=C(c1c(C23CCC(CC2)CC3)noc1C1CC1)n1ccnc1. The molecule has 0 saturated heterocycles. The fourth-order valence-electron chi connectivity index (χ4n) is 4.61. The summed E-state index contributed by atoms with van der Waals surface area (Å²) in [7, 11) is 0. The van der Waals surface area contributed by atoms with E-state index in [0.717, 1.165) is 55.0 Å². The summed E-state index contributed by atoms with van der Waals surface area (Å²) in [6.45, 7) is 0. The first-order valence-electron chi connectivity index (χ1n) is 8.79. The third-order valence-electron chi connectivity index (χ3n) is 6.22. The predicted octanol–water partition coefficient (Wildman–Crippen LogP) is 3.66. The maximum absolute atomic E-state index is 13.1. The zero-order valence-electron chi connectivity index (χ0n) is 13.2. The van der Waals surface area contributed by atoms with E-state index in [1.807, 2.05) is 0 Å². The molecule has 4 aliphatic carbocycles. The molecule has 120 valence electrons. The van der Waals surface area contributed by atoms with Crippen LogP contribution in [0, 0.1) is 5.92 Å². The molecule has 2 heterocycles. The van der Waals surface area contributed by atoms with Crippen LogP contribution in [0.5, 0.6) is 0 Å². The number of nitrogens with zero attached hydrogens (tertiary/aromatic N) is 3. The molecule has 0 aliphatic heterocycles. The molecule has 0 aromatic carbocycles. The molecule has 0 spiro atoms. The van der Waals surface area contributed by atoms with Crippen LogP contribution in [0.2, 0.25) is 0 Å². The van der Waals surface area contributed by atoms with Crippen molar-refractivity contribution in [1.82, 2.24) is 14.7 Å². The monoisotopic (exact) mass is 311 g/mol. The number of imidazole rings is 1. The van der Waals surface area contributed by atoms with Gasteiger partial charge in [-0.25, -0.2) is 4.98 Å². The molecular formula is C18H21N3O2. The number of fused-ring (bicyclic) bond motifs is 3. The van der Waals surface area contributed by atoms with Gasteiger partial charge in [0.05, 0.1) is 0 Å². The molecule has 0 N–H and O–H groups in total. The Morgan fingerprint density at radius 1 is 1.17 bits per heavy atom. The van der Waals surface area contributed by atoms with Crippen LogP contribution in [0.15, 0.2) is 23.2 Å². The second kappa shape index (κ2) is 4.79. The van der Waals surface area contributed by atoms with Gasteiger partial charge in [0, 0.05) is 23.7 Å². The number of hydrogen-bond donors (Lipinski definition) is 0. The Hall–Kier alpha value is -1.91. The van der Waals surface area contributed by atoms with Gasteiger partial charge in [-0.2, -0.15) is 0 Å². The Morgan fingerprint density at radius 3 is 2.52 bits per heavy atom. The summed E-state index contributed by atoms with van der Waals surface area (Å²) < 4.78 is 7.29. The van der Waals surface area contributed by atoms with E-state index in [1.165, 1.54) is 19.3 Å². The van der Waals surface area contributed by atoms with Gasteiger partial charge in [-0.15, -0.1) is 0 Å². The third-order valence-corrected chi connectivity index (χ3v) is 6.22. The highest BCUT2D eigenvalue weighted by Gasteiger charge is 2.48. The van der Waals surface area contributed by atoms with Crippen LogP contribution < -0.4 is 0 Å². The van der Waals surface area contributed by atoms with Crippen molar-refractivity contribution in [2.45, 2.75) is 62.7 Å². The van der Waals surface area contributed by atoms with Crippen molar-refractivity contribution in [2.75, 3.05) is 0 Å². The third kappa shape index (κ3) is 2.02. The van der Waals surface area contributed by atoms with Crippen LogP contribution in [-0.4, -0.2) is 20.6 Å². The summed E-state index contributed by atoms with van der Waals surface area (Å²) in [4.78, 5) is 17.1. The van der Waals surface area contributed by atoms with E-state index < -0.39 is 0 Å². The summed E-state index contributed by atoms with van der Waals surface area (Å²) in [6, 6.07) is 0. The molecule has 23 heavy (non-hydrogen) atoms. The summed E-state index contributed by atoms with van der Waals surface area (Å²) >= 11 is 0. The van der Waals surface area contributed by atoms with E-state index in [2.05, 4.69) is 10.1 Å². The van der Waals surface area contributed by atoms with Crippen LogP contribution in [-0.2, 0) is 5.41 Å². The van der Waals surface area contributed by atoms with Crippen LogP contribution in [0.3, 0.4) is 0 Å². The maximum atomic E-state index is 13.1. The molecule has 4 aliphatic rings. The summed E-state index contributed by atoms with van der Waals surface area (Å²) in [5, 5.41) is 4.47. The van der Waals surface area contributed by atoms with Gasteiger partial charge in [-0.05, 0) is 57.3 Å². The topological polar surface area (TPSA) is 60.9 Å². The zero-order chi connectivity index (χ0) is 15.4. The molecule has 0 radical (unpaired) electrons. The van der Waals surface area contributed by atoms with E-state index in [-0.39, 0.29) is 11.3 Å². The Labute approximate surface area is 135 Å². The van der Waals surface area contributed by atoms with Crippen molar-refractivity contribution < 1.29 is 9.32 Å². The van der Waals surface area contributed by atoms with E-state index in [4.69, 9.17) is 4.52 Å². The van der Waals surface area contributed by atoms with E-state index in [0.29, 0.717) is 5.92 Å². The normalized spacial score (nSPS) is 29.8. The minimum atomic E-state index is -0.0253. The number of carbonyl (C=O) groups is 1. The lowest BCUT2D eigenvalue weighted by molar-refractivity contribution is 0.0945. The molecule has 2 aromatic rings. The highest BCUT2D eigenvalue weighted by molar-refractivity contribution is 5.98. The van der Waals surface area contributed by atoms with Gasteiger partial charge in [-0.3, -0.25) is 9.36 Å². The lowest BCUT2D eigenvalue weighted by atomic mass is 9.59. The first kappa shape index (κ1) is 13.5. The van der Waals surface area contributed by atoms with Crippen molar-refractivity contribution in [3.8, 4) is 0 Å². The Balaban J connectivity index is 1.63.